The number of carbonyl (C=O) groups is 1. The zero-order chi connectivity index (χ0) is 19.1. The molecule has 1 saturated heterocycles. The van der Waals surface area contributed by atoms with Gasteiger partial charge in [0.15, 0.2) is 11.5 Å². The van der Waals surface area contributed by atoms with E-state index in [-0.39, 0.29) is 5.91 Å². The zero-order valence-corrected chi connectivity index (χ0v) is 16.3. The van der Waals surface area contributed by atoms with Crippen molar-refractivity contribution in [2.24, 2.45) is 5.92 Å². The summed E-state index contributed by atoms with van der Waals surface area (Å²) in [7, 11) is 2.33. The molecule has 0 spiro atoms. The Balaban J connectivity index is 2.03. The van der Waals surface area contributed by atoms with Crippen molar-refractivity contribution in [1.29, 1.82) is 0 Å². The summed E-state index contributed by atoms with van der Waals surface area (Å²) in [6.07, 6.45) is 2.53. The molecule has 1 aliphatic heterocycles. The minimum Gasteiger partial charge on any atom is -0.493 e. The van der Waals surface area contributed by atoms with Crippen LogP contribution >= 0.6 is 0 Å². The van der Waals surface area contributed by atoms with Crippen LogP contribution in [-0.4, -0.2) is 60.1 Å². The number of thiol groups is 1. The molecule has 0 bridgehead atoms. The number of amides is 1. The van der Waals surface area contributed by atoms with Crippen molar-refractivity contribution in [3.05, 3.63) is 17.7 Å². The van der Waals surface area contributed by atoms with Crippen molar-refractivity contribution in [2.45, 2.75) is 19.3 Å². The minimum atomic E-state index is -2.54. The molecule has 0 unspecified atom stereocenters. The first-order valence-electron chi connectivity index (χ1n) is 8.61. The lowest BCUT2D eigenvalue weighted by molar-refractivity contribution is 0.0688. The molecule has 1 aromatic rings. The number of likely N-dealkylation sites (tertiary alicyclic amines) is 1. The van der Waals surface area contributed by atoms with E-state index in [4.69, 9.17) is 9.47 Å². The Hall–Kier alpha value is -2.00. The number of piperidine rings is 1. The summed E-state index contributed by atoms with van der Waals surface area (Å²) in [5.41, 5.74) is 1.24. The Labute approximate surface area is 155 Å². The number of hydrogen-bond donors (Lipinski definition) is 3. The van der Waals surface area contributed by atoms with E-state index in [0.29, 0.717) is 48.3 Å². The Morgan fingerprint density at radius 1 is 1.19 bits per heavy atom. The van der Waals surface area contributed by atoms with Crippen molar-refractivity contribution < 1.29 is 22.7 Å². The van der Waals surface area contributed by atoms with Crippen molar-refractivity contribution in [2.75, 3.05) is 46.2 Å². The van der Waals surface area contributed by atoms with Gasteiger partial charge in [0, 0.05) is 32.7 Å². The third kappa shape index (κ3) is 5.01. The predicted molar refractivity (Wildman–Crippen MR) is 101 cm³/mol. The number of ether oxygens (including phenoxy) is 2. The summed E-state index contributed by atoms with van der Waals surface area (Å²) in [6.45, 7) is 1.77. The first-order chi connectivity index (χ1) is 12.5. The zero-order valence-electron chi connectivity index (χ0n) is 15.4. The van der Waals surface area contributed by atoms with Crippen molar-refractivity contribution in [1.82, 2.24) is 9.62 Å². The van der Waals surface area contributed by atoms with Crippen LogP contribution in [0, 0.1) is 5.92 Å². The molecule has 9 heteroatoms. The summed E-state index contributed by atoms with van der Waals surface area (Å²) in [4.78, 5) is 14.8. The number of anilines is 1. The van der Waals surface area contributed by atoms with Gasteiger partial charge in [-0.05, 0) is 31.2 Å². The van der Waals surface area contributed by atoms with Crippen molar-refractivity contribution >= 4 is 22.5 Å². The Morgan fingerprint density at radius 2 is 1.81 bits per heavy atom. The van der Waals surface area contributed by atoms with Gasteiger partial charge in [-0.2, -0.15) is 0 Å². The van der Waals surface area contributed by atoms with Crippen LogP contribution in [0.1, 0.15) is 29.6 Å². The van der Waals surface area contributed by atoms with Gasteiger partial charge >= 0.3 is 0 Å². The maximum Gasteiger partial charge on any atom is 0.256 e. The summed E-state index contributed by atoms with van der Waals surface area (Å²) < 4.78 is 34.1. The molecule has 146 valence electrons. The fourth-order valence-electron chi connectivity index (χ4n) is 3.22. The monoisotopic (exact) mass is 385 g/mol. The van der Waals surface area contributed by atoms with Gasteiger partial charge in [-0.1, -0.05) is 0 Å². The summed E-state index contributed by atoms with van der Waals surface area (Å²) in [6, 6.07) is 3.46. The van der Waals surface area contributed by atoms with E-state index in [9.17, 15) is 13.2 Å². The Kier molecular flexibility index (Phi) is 7.52. The quantitative estimate of drug-likeness (QED) is 0.580. The highest BCUT2D eigenvalue weighted by atomic mass is 32.2. The van der Waals surface area contributed by atoms with Crippen LogP contribution in [0.25, 0.3) is 0 Å². The van der Waals surface area contributed by atoms with Crippen LogP contribution in [0.3, 0.4) is 0 Å². The van der Waals surface area contributed by atoms with E-state index in [1.54, 1.807) is 33.4 Å². The third-order valence-electron chi connectivity index (χ3n) is 4.72. The van der Waals surface area contributed by atoms with Crippen LogP contribution in [0.15, 0.2) is 12.1 Å². The second kappa shape index (κ2) is 9.63. The standard InChI is InChI=1S/C17H27N3O5S/c1-18-14-11-16(25-3)15(24-2)10-13(14)17(21)20-8-5-12(6-9-20)4-7-19-26(22)23/h10-12,18,26H,4-9H2,1-3H3,(H,19,22,23). The molecule has 0 atom stereocenters. The molecule has 26 heavy (non-hydrogen) atoms. The van der Waals surface area contributed by atoms with Crippen molar-refractivity contribution in [3.63, 3.8) is 0 Å². The summed E-state index contributed by atoms with van der Waals surface area (Å²) >= 11 is 0. The lowest BCUT2D eigenvalue weighted by atomic mass is 9.93. The first-order valence-corrected chi connectivity index (χ1v) is 9.78. The van der Waals surface area contributed by atoms with E-state index < -0.39 is 10.9 Å². The molecule has 1 amide bonds. The fraction of sp³-hybridized carbons (Fsp3) is 0.588. The molecule has 0 radical (unpaired) electrons. The number of nitrogens with one attached hydrogen (secondary N) is 2. The van der Waals surface area contributed by atoms with Gasteiger partial charge < -0.3 is 19.7 Å². The highest BCUT2D eigenvalue weighted by Gasteiger charge is 2.26. The molecule has 1 heterocycles. The predicted octanol–water partition coefficient (Wildman–Crippen LogP) is 1.10. The molecule has 0 aromatic heterocycles. The largest absolute Gasteiger partial charge is 0.493 e. The topological polar surface area (TPSA) is 97.0 Å². The van der Waals surface area contributed by atoms with Gasteiger partial charge in [0.1, 0.15) is 0 Å². The number of benzene rings is 1. The molecule has 1 fully saturated rings. The number of nitrogens with zero attached hydrogens (tertiary/aromatic N) is 1. The second-order valence-electron chi connectivity index (χ2n) is 6.19. The maximum atomic E-state index is 13.0. The smallest absolute Gasteiger partial charge is 0.256 e. The normalized spacial score (nSPS) is 15.2. The first kappa shape index (κ1) is 20.3. The molecule has 1 aliphatic rings. The molecule has 8 nitrogen and oxygen atoms in total. The summed E-state index contributed by atoms with van der Waals surface area (Å²) in [5.74, 6) is 1.46. The number of rotatable bonds is 8. The second-order valence-corrected chi connectivity index (χ2v) is 7.02. The average Bonchev–Trinajstić information content (AvgIpc) is 2.66. The maximum absolute atomic E-state index is 13.0. The van der Waals surface area contributed by atoms with E-state index in [1.807, 2.05) is 4.90 Å². The molecule has 1 aromatic carbocycles. The Morgan fingerprint density at radius 3 is 2.35 bits per heavy atom. The molecule has 2 N–H and O–H groups in total. The highest BCUT2D eigenvalue weighted by molar-refractivity contribution is 7.70. The van der Waals surface area contributed by atoms with E-state index in [0.717, 1.165) is 19.3 Å². The Bertz CT molecular complexity index is 692. The lowest BCUT2D eigenvalue weighted by Gasteiger charge is -2.32. The van der Waals surface area contributed by atoms with Gasteiger partial charge in [-0.15, -0.1) is 0 Å². The minimum absolute atomic E-state index is 0.0467. The van der Waals surface area contributed by atoms with Gasteiger partial charge in [0.25, 0.3) is 5.91 Å². The summed E-state index contributed by atoms with van der Waals surface area (Å²) in [5, 5.41) is 3.04. The van der Waals surface area contributed by atoms with Gasteiger partial charge in [0.2, 0.25) is 10.9 Å². The lowest BCUT2D eigenvalue weighted by Crippen LogP contribution is -2.39. The number of methoxy groups -OCH3 is 2. The average molecular weight is 385 g/mol. The number of hydrogen-bond acceptors (Lipinski definition) is 6. The van der Waals surface area contributed by atoms with E-state index in [1.165, 1.54) is 0 Å². The molecule has 0 saturated carbocycles. The van der Waals surface area contributed by atoms with Crippen LogP contribution in [-0.2, 0) is 10.9 Å². The molecular formula is C17H27N3O5S. The van der Waals surface area contributed by atoms with Gasteiger partial charge in [0.05, 0.1) is 25.5 Å². The van der Waals surface area contributed by atoms with Gasteiger partial charge in [-0.3, -0.25) is 4.79 Å². The highest BCUT2D eigenvalue weighted by Crippen LogP contribution is 2.34. The van der Waals surface area contributed by atoms with E-state index in [2.05, 4.69) is 10.0 Å². The van der Waals surface area contributed by atoms with Crippen LogP contribution < -0.4 is 19.5 Å². The van der Waals surface area contributed by atoms with Gasteiger partial charge in [-0.25, -0.2) is 13.1 Å². The van der Waals surface area contributed by atoms with Crippen LogP contribution in [0.2, 0.25) is 0 Å². The molecular weight excluding hydrogens is 358 g/mol. The van der Waals surface area contributed by atoms with Crippen molar-refractivity contribution in [3.8, 4) is 11.5 Å². The number of carbonyl (C=O) groups excluding carboxylic acids is 1. The van der Waals surface area contributed by atoms with Crippen LogP contribution in [0.4, 0.5) is 5.69 Å². The SMILES string of the molecule is CNc1cc(OC)c(OC)cc1C(=O)N1CCC(CCN[SH](=O)=O)CC1. The third-order valence-corrected chi connectivity index (χ3v) is 5.20. The molecule has 0 aliphatic carbocycles. The molecule has 2 rings (SSSR count). The van der Waals surface area contributed by atoms with E-state index >= 15 is 0 Å². The fourth-order valence-corrected chi connectivity index (χ4v) is 3.53. The van der Waals surface area contributed by atoms with Crippen LogP contribution in [0.5, 0.6) is 11.5 Å².